The molecule has 2 aliphatic heterocycles. The molecule has 6 atom stereocenters. The number of nitrogens with zero attached hydrogens (tertiary/aromatic N) is 4. The van der Waals surface area contributed by atoms with Crippen molar-refractivity contribution in [1.29, 1.82) is 0 Å². The number of fused-ring (bicyclic) bond motifs is 4. The molecule has 4 aromatic rings. The van der Waals surface area contributed by atoms with Gasteiger partial charge in [0.2, 0.25) is 0 Å². The van der Waals surface area contributed by atoms with Gasteiger partial charge in [-0.15, -0.1) is 0 Å². The fourth-order valence-electron chi connectivity index (χ4n) is 9.23. The van der Waals surface area contributed by atoms with Crippen molar-refractivity contribution in [2.24, 2.45) is 23.7 Å². The van der Waals surface area contributed by atoms with Crippen molar-refractivity contribution in [2.45, 2.75) is 37.3 Å². The molecule has 294 valence electrons. The molecule has 0 unspecified atom stereocenters. The standard InChI is InChI=1S/C41H34BrClF3N5O6/c1-20-9-11-23(12-10-20)48-50-37(54)27-19-26-24(33(21-17-28(42)34(52)30(18-21)57-3)40(27,39(50)56)22-7-5-4-6-8-22)13-14-25-32(26)38(55)51(36(25)53)49(2)35-29(43)15-16-31(47-35)41(44,45)46/h4-13,15-18,25-27,32-33,48,52H,14,19H2,1-3H3/t25-,26+,27-,32-,33-,40+/m0/s1. The van der Waals surface area contributed by atoms with Crippen LogP contribution in [0.2, 0.25) is 5.02 Å². The van der Waals surface area contributed by atoms with Gasteiger partial charge in [0.25, 0.3) is 23.6 Å². The number of amides is 4. The topological polar surface area (TPSA) is 132 Å². The van der Waals surface area contributed by atoms with E-state index in [1.807, 2.05) is 25.1 Å². The number of hydrazine groups is 2. The highest BCUT2D eigenvalue weighted by Crippen LogP contribution is 2.64. The number of rotatable bonds is 7. The van der Waals surface area contributed by atoms with Crippen molar-refractivity contribution >= 4 is 62.7 Å². The lowest BCUT2D eigenvalue weighted by atomic mass is 9.49. The fourth-order valence-corrected chi connectivity index (χ4v) is 9.92. The van der Waals surface area contributed by atoms with Crippen molar-refractivity contribution in [3.8, 4) is 11.5 Å². The molecule has 0 bridgehead atoms. The summed E-state index contributed by atoms with van der Waals surface area (Å²) in [5.74, 6) is -7.83. The number of phenols is 1. The molecule has 1 saturated carbocycles. The van der Waals surface area contributed by atoms with Crippen molar-refractivity contribution in [2.75, 3.05) is 24.6 Å². The maximum Gasteiger partial charge on any atom is 0.433 e. The van der Waals surface area contributed by atoms with E-state index in [1.165, 1.54) is 14.2 Å². The normalized spacial score (nSPS) is 25.5. The van der Waals surface area contributed by atoms with Gasteiger partial charge in [-0.05, 0) is 89.1 Å². The number of allylic oxidation sites excluding steroid dienone is 2. The summed E-state index contributed by atoms with van der Waals surface area (Å²) >= 11 is 9.75. The maximum absolute atomic E-state index is 15.4. The minimum Gasteiger partial charge on any atom is -0.503 e. The van der Waals surface area contributed by atoms with E-state index in [0.29, 0.717) is 28.5 Å². The summed E-state index contributed by atoms with van der Waals surface area (Å²) in [5.41, 5.74) is 3.29. The number of ether oxygens (including phenoxy) is 1. The highest BCUT2D eigenvalue weighted by atomic mass is 79.9. The number of benzene rings is 3. The lowest BCUT2D eigenvalue weighted by Gasteiger charge is -2.50. The zero-order chi connectivity index (χ0) is 40.7. The Balaban J connectivity index is 1.29. The molecule has 4 amide bonds. The molecule has 57 heavy (non-hydrogen) atoms. The molecule has 3 heterocycles. The lowest BCUT2D eigenvalue weighted by Crippen LogP contribution is -2.53. The summed E-state index contributed by atoms with van der Waals surface area (Å²) in [6.45, 7) is 1.91. The number of hydrogen-bond donors (Lipinski definition) is 2. The van der Waals surface area contributed by atoms with Gasteiger partial charge in [0.15, 0.2) is 17.3 Å². The Morgan fingerprint density at radius 2 is 1.68 bits per heavy atom. The summed E-state index contributed by atoms with van der Waals surface area (Å²) in [5, 5.41) is 13.4. The zero-order valence-electron chi connectivity index (χ0n) is 30.6. The third kappa shape index (κ3) is 5.87. The van der Waals surface area contributed by atoms with E-state index in [2.05, 4.69) is 26.3 Å². The first-order valence-corrected chi connectivity index (χ1v) is 19.1. The van der Waals surface area contributed by atoms with Gasteiger partial charge in [0.05, 0.1) is 45.5 Å². The largest absolute Gasteiger partial charge is 0.503 e. The molecule has 2 N–H and O–H groups in total. The Labute approximate surface area is 338 Å². The molecule has 3 aromatic carbocycles. The number of imide groups is 2. The molecule has 4 aliphatic rings. The van der Waals surface area contributed by atoms with Gasteiger partial charge in [-0.25, -0.2) is 4.98 Å². The van der Waals surface area contributed by atoms with E-state index in [0.717, 1.165) is 26.7 Å². The Kier molecular flexibility index (Phi) is 9.38. The minimum atomic E-state index is -4.83. The summed E-state index contributed by atoms with van der Waals surface area (Å²) in [6.07, 6.45) is -2.97. The number of alkyl halides is 3. The molecule has 0 spiro atoms. The van der Waals surface area contributed by atoms with Crippen molar-refractivity contribution in [1.82, 2.24) is 15.0 Å². The molecule has 16 heteroatoms. The van der Waals surface area contributed by atoms with E-state index >= 15 is 4.79 Å². The second kappa shape index (κ2) is 13.9. The third-order valence-electron chi connectivity index (χ3n) is 11.7. The van der Waals surface area contributed by atoms with E-state index in [1.54, 1.807) is 54.6 Å². The number of pyridine rings is 1. The first-order chi connectivity index (χ1) is 27.1. The SMILES string of the molecule is COc1cc([C@H]2C3=CC[C@@H]4C(=O)N(N(C)c5nc(C(F)(F)F)ccc5Cl)C(=O)[C@@H]4[C@@H]3C[C@H]3C(=O)N(Nc4ccc(C)cc4)C(=O)[C@@]23c2ccccc2)cc(Br)c1O. The van der Waals surface area contributed by atoms with Crippen molar-refractivity contribution in [3.63, 3.8) is 0 Å². The molecule has 8 rings (SSSR count). The number of aromatic nitrogens is 1. The van der Waals surface area contributed by atoms with E-state index in [-0.39, 0.29) is 33.8 Å². The predicted molar refractivity (Wildman–Crippen MR) is 206 cm³/mol. The molecule has 11 nitrogen and oxygen atoms in total. The van der Waals surface area contributed by atoms with Gasteiger partial charge < -0.3 is 9.84 Å². The number of carbonyl (C=O) groups excluding carboxylic acids is 4. The Bertz CT molecular complexity index is 2380. The van der Waals surface area contributed by atoms with Crippen LogP contribution in [0.1, 0.15) is 41.1 Å². The number of aromatic hydroxyl groups is 1. The lowest BCUT2D eigenvalue weighted by molar-refractivity contribution is -0.142. The van der Waals surface area contributed by atoms with Crippen LogP contribution in [-0.4, -0.2) is 57.9 Å². The molecular weight excluding hydrogens is 831 g/mol. The number of halogens is 5. The minimum absolute atomic E-state index is 0.0232. The number of carbonyl (C=O) groups is 4. The van der Waals surface area contributed by atoms with E-state index < -0.39 is 76.3 Å². The van der Waals surface area contributed by atoms with E-state index in [4.69, 9.17) is 16.3 Å². The van der Waals surface area contributed by atoms with Crippen molar-refractivity contribution in [3.05, 3.63) is 122 Å². The molecule has 2 saturated heterocycles. The second-order valence-corrected chi connectivity index (χ2v) is 15.9. The molecule has 3 fully saturated rings. The molecule has 2 aliphatic carbocycles. The average molecular weight is 865 g/mol. The molecule has 1 aromatic heterocycles. The highest BCUT2D eigenvalue weighted by molar-refractivity contribution is 9.10. The summed E-state index contributed by atoms with van der Waals surface area (Å²) in [7, 11) is 2.63. The maximum atomic E-state index is 15.4. The highest BCUT2D eigenvalue weighted by Gasteiger charge is 2.70. The van der Waals surface area contributed by atoms with Gasteiger partial charge in [-0.2, -0.15) is 23.2 Å². The van der Waals surface area contributed by atoms with Crippen molar-refractivity contribution < 1.29 is 42.2 Å². The van der Waals surface area contributed by atoms with E-state index in [9.17, 15) is 32.7 Å². The zero-order valence-corrected chi connectivity index (χ0v) is 32.9. The fraction of sp³-hybridized carbons (Fsp3) is 0.293. The molecule has 0 radical (unpaired) electrons. The summed E-state index contributed by atoms with van der Waals surface area (Å²) in [4.78, 5) is 62.8. The monoisotopic (exact) mass is 863 g/mol. The summed E-state index contributed by atoms with van der Waals surface area (Å²) in [6, 6.07) is 21.0. The Morgan fingerprint density at radius 1 is 0.982 bits per heavy atom. The van der Waals surface area contributed by atoms with Gasteiger partial charge in [0.1, 0.15) is 5.69 Å². The van der Waals surface area contributed by atoms with Crippen LogP contribution < -0.4 is 15.2 Å². The Hall–Kier alpha value is -5.41. The predicted octanol–water partition coefficient (Wildman–Crippen LogP) is 7.58. The van der Waals surface area contributed by atoms with Crippen LogP contribution in [-0.2, 0) is 30.8 Å². The number of aryl methyl sites for hydroxylation is 1. The number of anilines is 2. The van der Waals surface area contributed by atoms with Crippen LogP contribution >= 0.6 is 27.5 Å². The Morgan fingerprint density at radius 3 is 2.35 bits per heavy atom. The van der Waals surface area contributed by atoms with Crippen LogP contribution in [0.15, 0.2) is 95.0 Å². The van der Waals surface area contributed by atoms with Crippen LogP contribution in [0.25, 0.3) is 0 Å². The van der Waals surface area contributed by atoms with Crippen LogP contribution in [0.4, 0.5) is 24.7 Å². The average Bonchev–Trinajstić information content (AvgIpc) is 3.57. The summed E-state index contributed by atoms with van der Waals surface area (Å²) < 4.78 is 47.0. The van der Waals surface area contributed by atoms with Crippen LogP contribution in [0.5, 0.6) is 11.5 Å². The first-order valence-electron chi connectivity index (χ1n) is 18.0. The number of methoxy groups -OCH3 is 1. The van der Waals surface area contributed by atoms with Gasteiger partial charge >= 0.3 is 6.18 Å². The van der Waals surface area contributed by atoms with Crippen LogP contribution in [0.3, 0.4) is 0 Å². The quantitative estimate of drug-likeness (QED) is 0.143. The van der Waals surface area contributed by atoms with Gasteiger partial charge in [0, 0.05) is 13.0 Å². The first kappa shape index (κ1) is 38.5. The second-order valence-electron chi connectivity index (χ2n) is 14.7. The smallest absolute Gasteiger partial charge is 0.433 e. The van der Waals surface area contributed by atoms with Crippen LogP contribution in [0, 0.1) is 30.6 Å². The molecular formula is C41H34BrClF3N5O6. The third-order valence-corrected chi connectivity index (χ3v) is 12.6. The number of hydrogen-bond acceptors (Lipinski definition) is 9. The number of nitrogens with one attached hydrogen (secondary N) is 1. The van der Waals surface area contributed by atoms with Gasteiger partial charge in [-0.3, -0.25) is 29.6 Å². The number of phenolic OH excluding ortho intramolecular Hbond substituents is 1. The van der Waals surface area contributed by atoms with Gasteiger partial charge in [-0.1, -0.05) is 71.3 Å².